The number of rotatable bonds is 0. The van der Waals surface area contributed by atoms with Gasteiger partial charge in [-0.15, -0.1) is 3.89 Å². The first kappa shape index (κ1) is 4.04. The Morgan fingerprint density at radius 1 is 2.00 bits per heavy atom. The molecule has 0 bridgehead atoms. The maximum absolute atomic E-state index is 10.0. The van der Waals surface area contributed by atoms with Crippen LogP contribution in [0.4, 0.5) is 3.89 Å². The number of hydrogen-bond acceptors (Lipinski definition) is 1. The largest absolute Gasteiger partial charge is 0.342 e. The van der Waals surface area contributed by atoms with E-state index in [9.17, 15) is 3.89 Å². The molecule has 0 aliphatic carbocycles. The van der Waals surface area contributed by atoms with Crippen LogP contribution in [-0.4, -0.2) is 8.76 Å². The van der Waals surface area contributed by atoms with Crippen molar-refractivity contribution < 1.29 is 12.6 Å². The van der Waals surface area contributed by atoms with Crippen LogP contribution < -0.4 is 0 Å². The molecule has 1 unspecified atom stereocenters. The molecule has 0 saturated carbocycles. The number of hydrogen-bond donors (Lipinski definition) is 1. The average Bonchev–Trinajstić information content (AvgIpc) is 0.811. The minimum Gasteiger partial charge on any atom is -0.280 e. The zero-order valence-electron chi connectivity index (χ0n) is 1.64. The second kappa shape index (κ2) is 1.37. The van der Waals surface area contributed by atoms with Gasteiger partial charge in [-0.3, -0.25) is 4.55 Å². The van der Waals surface area contributed by atoms with Crippen LogP contribution >= 0.6 is 0 Å². The third-order valence-electron chi connectivity index (χ3n) is 0. The summed E-state index contributed by atoms with van der Waals surface area (Å²) < 4.78 is 25.3. The molecule has 0 rings (SSSR count). The predicted molar refractivity (Wildman–Crippen MR) is 11.9 cm³/mol. The fraction of sp³-hybridized carbons (Fsp3) is 0. The summed E-state index contributed by atoms with van der Waals surface area (Å²) >= 11 is -3.11. The average molecular weight is 84.1 g/mol. The van der Waals surface area contributed by atoms with Crippen LogP contribution in [0, 0.1) is 0 Å². The highest BCUT2D eigenvalue weighted by atomic mass is 32.2. The van der Waals surface area contributed by atoms with Gasteiger partial charge in [0.05, 0.1) is 0 Å². The molecule has 0 amide bonds. The van der Waals surface area contributed by atoms with Crippen LogP contribution in [0.2, 0.25) is 0 Å². The van der Waals surface area contributed by atoms with Gasteiger partial charge in [0.2, 0.25) is 0 Å². The van der Waals surface area contributed by atoms with Gasteiger partial charge in [0.15, 0.2) is 0 Å². The van der Waals surface area contributed by atoms with Crippen LogP contribution in [0.5, 0.6) is 0 Å². The quantitative estimate of drug-likeness (QED) is 0.333. The van der Waals surface area contributed by atoms with E-state index in [2.05, 4.69) is 0 Å². The SMILES string of the molecule is O=S(O)F. The summed E-state index contributed by atoms with van der Waals surface area (Å²) in [6.07, 6.45) is 0. The van der Waals surface area contributed by atoms with Crippen LogP contribution in [0.25, 0.3) is 0 Å². The van der Waals surface area contributed by atoms with Gasteiger partial charge in [0.1, 0.15) is 0 Å². The molecule has 0 radical (unpaired) electrons. The third-order valence-corrected chi connectivity index (χ3v) is 0. The molecule has 2 nitrogen and oxygen atoms in total. The van der Waals surface area contributed by atoms with Crippen molar-refractivity contribution in [1.82, 2.24) is 0 Å². The molecule has 26 valence electrons. The number of halogens is 1. The maximum Gasteiger partial charge on any atom is 0.342 e. The Morgan fingerprint density at radius 2 is 2.00 bits per heavy atom. The molecule has 0 heterocycles. The summed E-state index contributed by atoms with van der Waals surface area (Å²) in [4.78, 5) is 0. The van der Waals surface area contributed by atoms with Crippen molar-refractivity contribution in [3.05, 3.63) is 0 Å². The normalized spacial score (nSPS) is 15.5. The molecule has 1 atom stereocenters. The fourth-order valence-corrected chi connectivity index (χ4v) is 0. The lowest BCUT2D eigenvalue weighted by molar-refractivity contribution is 0.518. The molecule has 0 aliphatic rings. The van der Waals surface area contributed by atoms with E-state index >= 15 is 0 Å². The van der Waals surface area contributed by atoms with E-state index < -0.39 is 11.5 Å². The van der Waals surface area contributed by atoms with Crippen molar-refractivity contribution in [3.8, 4) is 0 Å². The topological polar surface area (TPSA) is 37.3 Å². The van der Waals surface area contributed by atoms with Gasteiger partial charge < -0.3 is 0 Å². The molecule has 0 aliphatic heterocycles. The third kappa shape index (κ3) is 1380. The van der Waals surface area contributed by atoms with Crippen LogP contribution in [-0.2, 0) is 11.5 Å². The highest BCUT2D eigenvalue weighted by molar-refractivity contribution is 7.73. The highest BCUT2D eigenvalue weighted by Gasteiger charge is 1.68. The minimum absolute atomic E-state index is 3.11. The zero-order valence-corrected chi connectivity index (χ0v) is 2.46. The standard InChI is InChI=1S/FHO2S/c1-4(2)3/h(H,2,3). The summed E-state index contributed by atoms with van der Waals surface area (Å²) in [6.45, 7) is 0. The Bertz CT molecular complexity index is 29.0. The van der Waals surface area contributed by atoms with Gasteiger partial charge in [-0.25, -0.2) is 0 Å². The highest BCUT2D eigenvalue weighted by Crippen LogP contribution is 1.62. The lowest BCUT2D eigenvalue weighted by Crippen LogP contribution is -1.63. The summed E-state index contributed by atoms with van der Waals surface area (Å²) in [5, 5.41) is 0. The van der Waals surface area contributed by atoms with Gasteiger partial charge in [-0.2, -0.15) is 4.21 Å². The van der Waals surface area contributed by atoms with E-state index in [1.165, 1.54) is 0 Å². The van der Waals surface area contributed by atoms with E-state index in [1.807, 2.05) is 0 Å². The smallest absolute Gasteiger partial charge is 0.280 e. The van der Waals surface area contributed by atoms with E-state index in [0.29, 0.717) is 0 Å². The molecule has 4 heteroatoms. The summed E-state index contributed by atoms with van der Waals surface area (Å²) in [5.74, 6) is 0. The second-order valence-electron chi connectivity index (χ2n) is 0.207. The Morgan fingerprint density at radius 3 is 2.00 bits per heavy atom. The summed E-state index contributed by atoms with van der Waals surface area (Å²) in [6, 6.07) is 0. The van der Waals surface area contributed by atoms with E-state index in [0.717, 1.165) is 0 Å². The molecular formula is HFO2S. The molecule has 0 aromatic carbocycles. The van der Waals surface area contributed by atoms with Gasteiger partial charge in [-0.05, 0) is 0 Å². The van der Waals surface area contributed by atoms with Crippen molar-refractivity contribution in [1.29, 1.82) is 0 Å². The lowest BCUT2D eigenvalue weighted by Gasteiger charge is -1.53. The lowest BCUT2D eigenvalue weighted by atomic mass is 15.9. The van der Waals surface area contributed by atoms with Gasteiger partial charge in [-0.1, -0.05) is 0 Å². The molecule has 0 saturated heterocycles. The molecule has 0 spiro atoms. The van der Waals surface area contributed by atoms with E-state index in [1.54, 1.807) is 0 Å². The van der Waals surface area contributed by atoms with E-state index in [-0.39, 0.29) is 0 Å². The Hall–Kier alpha value is 0.0400. The minimum atomic E-state index is -3.11. The Kier molecular flexibility index (Phi) is 1.38. The first-order valence-corrected chi connectivity index (χ1v) is 1.51. The monoisotopic (exact) mass is 84.0 g/mol. The van der Waals surface area contributed by atoms with Crippen LogP contribution in [0.1, 0.15) is 0 Å². The van der Waals surface area contributed by atoms with Crippen molar-refractivity contribution in [2.45, 2.75) is 0 Å². The Labute approximate surface area is 25.2 Å². The fourth-order valence-electron chi connectivity index (χ4n) is 0. The Balaban J connectivity index is 2.80. The molecule has 0 aromatic rings. The predicted octanol–water partition coefficient (Wildman–Crippen LogP) is 0.0926. The van der Waals surface area contributed by atoms with Gasteiger partial charge in [0, 0.05) is 0 Å². The van der Waals surface area contributed by atoms with Crippen molar-refractivity contribution in [3.63, 3.8) is 0 Å². The maximum atomic E-state index is 10.0. The van der Waals surface area contributed by atoms with Gasteiger partial charge in [0.25, 0.3) is 0 Å². The van der Waals surface area contributed by atoms with E-state index in [4.69, 9.17) is 8.76 Å². The first-order valence-electron chi connectivity index (χ1n) is 0.504. The van der Waals surface area contributed by atoms with Crippen LogP contribution in [0.15, 0.2) is 0 Å². The second-order valence-corrected chi connectivity index (χ2v) is 0.620. The molecule has 1 N–H and O–H groups in total. The van der Waals surface area contributed by atoms with Crippen molar-refractivity contribution in [2.24, 2.45) is 0 Å². The van der Waals surface area contributed by atoms with Gasteiger partial charge >= 0.3 is 11.5 Å². The molecule has 0 fully saturated rings. The summed E-state index contributed by atoms with van der Waals surface area (Å²) in [7, 11) is 0. The van der Waals surface area contributed by atoms with Crippen molar-refractivity contribution in [2.75, 3.05) is 0 Å². The van der Waals surface area contributed by atoms with Crippen molar-refractivity contribution >= 4 is 11.5 Å². The van der Waals surface area contributed by atoms with Crippen LogP contribution in [0.3, 0.4) is 0 Å². The summed E-state index contributed by atoms with van der Waals surface area (Å²) in [5.41, 5.74) is 0. The molecular weight excluding hydrogens is 83.1 g/mol. The molecule has 0 aromatic heterocycles. The first-order chi connectivity index (χ1) is 1.73. The molecule has 4 heavy (non-hydrogen) atoms. The zero-order chi connectivity index (χ0) is 3.58.